The van der Waals surface area contributed by atoms with Crippen LogP contribution in [0.3, 0.4) is 0 Å². The van der Waals surface area contributed by atoms with Crippen LogP contribution in [0.1, 0.15) is 24.8 Å². The Morgan fingerprint density at radius 3 is 3.12 bits per heavy atom. The monoisotopic (exact) mass is 345 g/mol. The lowest BCUT2D eigenvalue weighted by Gasteiger charge is -2.20. The van der Waals surface area contributed by atoms with E-state index in [2.05, 4.69) is 21.3 Å². The number of nitrogens with one attached hydrogen (secondary N) is 1. The number of carbonyl (C=O) groups is 1. The van der Waals surface area contributed by atoms with Crippen molar-refractivity contribution in [1.82, 2.24) is 15.2 Å². The number of likely N-dealkylation sites (tertiary alicyclic amines) is 1. The van der Waals surface area contributed by atoms with Crippen LogP contribution in [0.25, 0.3) is 0 Å². The van der Waals surface area contributed by atoms with Gasteiger partial charge in [-0.15, -0.1) is 0 Å². The minimum absolute atomic E-state index is 0.188. The molecule has 6 heteroatoms. The molecule has 1 aromatic heterocycles. The van der Waals surface area contributed by atoms with Crippen LogP contribution in [0.2, 0.25) is 0 Å². The van der Waals surface area contributed by atoms with Gasteiger partial charge in [0, 0.05) is 50.3 Å². The first-order valence-corrected chi connectivity index (χ1v) is 9.31. The van der Waals surface area contributed by atoms with Crippen molar-refractivity contribution in [3.63, 3.8) is 0 Å². The van der Waals surface area contributed by atoms with Gasteiger partial charge in [-0.1, -0.05) is 6.07 Å². The molecule has 1 aromatic rings. The van der Waals surface area contributed by atoms with Crippen LogP contribution in [0.4, 0.5) is 0 Å². The highest BCUT2D eigenvalue weighted by Crippen LogP contribution is 2.36. The number of aromatic nitrogens is 1. The molecule has 0 unspecified atom stereocenters. The standard InChI is InChI=1S/C19H27N3O3/c1-24-19-14(3-2-6-20-19)9-22-10-16-15(12-25-17(16)11-22)7-18(23)21-8-13-4-5-13/h2-3,6,13,15-17H,4-5,7-12H2,1H3,(H,21,23)/t15-,16+,17+/m1/s1. The number of nitrogens with zero attached hydrogens (tertiary/aromatic N) is 2. The summed E-state index contributed by atoms with van der Waals surface area (Å²) in [6.45, 7) is 4.28. The third kappa shape index (κ3) is 3.96. The Hall–Kier alpha value is -1.66. The maximum absolute atomic E-state index is 12.2. The summed E-state index contributed by atoms with van der Waals surface area (Å²) in [5.74, 6) is 2.40. The lowest BCUT2D eigenvalue weighted by molar-refractivity contribution is -0.122. The Kier molecular flexibility index (Phi) is 4.90. The zero-order valence-electron chi connectivity index (χ0n) is 14.8. The Labute approximate surface area is 148 Å². The fraction of sp³-hybridized carbons (Fsp3) is 0.684. The van der Waals surface area contributed by atoms with Gasteiger partial charge in [0.25, 0.3) is 0 Å². The molecule has 3 fully saturated rings. The van der Waals surface area contributed by atoms with E-state index in [-0.39, 0.29) is 12.0 Å². The van der Waals surface area contributed by atoms with Gasteiger partial charge in [-0.2, -0.15) is 0 Å². The number of methoxy groups -OCH3 is 1. The van der Waals surface area contributed by atoms with Crippen LogP contribution >= 0.6 is 0 Å². The molecule has 1 amide bonds. The van der Waals surface area contributed by atoms with Crippen LogP contribution in [-0.2, 0) is 16.1 Å². The molecule has 1 aliphatic carbocycles. The Bertz CT molecular complexity index is 620. The molecule has 0 spiro atoms. The SMILES string of the molecule is COc1ncccc1CN1C[C@H]2[C@H](CC(=O)NCC3CC3)CO[C@H]2C1. The number of amides is 1. The summed E-state index contributed by atoms with van der Waals surface area (Å²) in [5, 5.41) is 3.08. The minimum atomic E-state index is 0.188. The van der Waals surface area contributed by atoms with Gasteiger partial charge in [-0.25, -0.2) is 4.98 Å². The summed E-state index contributed by atoms with van der Waals surface area (Å²) < 4.78 is 11.3. The van der Waals surface area contributed by atoms with Crippen LogP contribution < -0.4 is 10.1 Å². The van der Waals surface area contributed by atoms with Crippen molar-refractivity contribution in [3.05, 3.63) is 23.9 Å². The predicted octanol–water partition coefficient (Wildman–Crippen LogP) is 1.45. The number of pyridine rings is 1. The molecule has 1 N–H and O–H groups in total. The Morgan fingerprint density at radius 1 is 1.44 bits per heavy atom. The van der Waals surface area contributed by atoms with Gasteiger partial charge < -0.3 is 14.8 Å². The zero-order valence-corrected chi connectivity index (χ0v) is 14.8. The molecule has 136 valence electrons. The first kappa shape index (κ1) is 16.8. The predicted molar refractivity (Wildman–Crippen MR) is 93.1 cm³/mol. The zero-order chi connectivity index (χ0) is 17.2. The molecule has 3 heterocycles. The fourth-order valence-electron chi connectivity index (χ4n) is 4.08. The summed E-state index contributed by atoms with van der Waals surface area (Å²) in [7, 11) is 1.66. The van der Waals surface area contributed by atoms with E-state index in [1.807, 2.05) is 6.07 Å². The van der Waals surface area contributed by atoms with Crippen molar-refractivity contribution in [2.45, 2.75) is 31.9 Å². The van der Waals surface area contributed by atoms with E-state index in [1.165, 1.54) is 12.8 Å². The number of rotatable bonds is 7. The second-order valence-corrected chi connectivity index (χ2v) is 7.61. The molecule has 3 aliphatic rings. The number of ether oxygens (including phenoxy) is 2. The van der Waals surface area contributed by atoms with Crippen molar-refractivity contribution in [2.24, 2.45) is 17.8 Å². The Morgan fingerprint density at radius 2 is 2.32 bits per heavy atom. The third-order valence-electron chi connectivity index (χ3n) is 5.68. The molecule has 0 radical (unpaired) electrons. The van der Waals surface area contributed by atoms with Crippen molar-refractivity contribution in [3.8, 4) is 5.88 Å². The topological polar surface area (TPSA) is 63.7 Å². The molecule has 0 bridgehead atoms. The highest BCUT2D eigenvalue weighted by atomic mass is 16.5. The van der Waals surface area contributed by atoms with Crippen LogP contribution in [-0.4, -0.2) is 55.2 Å². The van der Waals surface area contributed by atoms with E-state index in [4.69, 9.17) is 9.47 Å². The van der Waals surface area contributed by atoms with E-state index in [9.17, 15) is 4.79 Å². The summed E-state index contributed by atoms with van der Waals surface area (Å²) >= 11 is 0. The molecular weight excluding hydrogens is 318 g/mol. The van der Waals surface area contributed by atoms with Crippen molar-refractivity contribution in [2.75, 3.05) is 33.4 Å². The van der Waals surface area contributed by atoms with Gasteiger partial charge in [-0.3, -0.25) is 9.69 Å². The second-order valence-electron chi connectivity index (χ2n) is 7.61. The number of hydrogen-bond acceptors (Lipinski definition) is 5. The van der Waals surface area contributed by atoms with E-state index >= 15 is 0 Å². The quantitative estimate of drug-likeness (QED) is 0.810. The summed E-state index contributed by atoms with van der Waals surface area (Å²) in [4.78, 5) is 18.8. The first-order chi connectivity index (χ1) is 12.2. The van der Waals surface area contributed by atoms with Gasteiger partial charge in [0.05, 0.1) is 19.8 Å². The van der Waals surface area contributed by atoms with Gasteiger partial charge in [0.2, 0.25) is 11.8 Å². The van der Waals surface area contributed by atoms with Gasteiger partial charge in [0.1, 0.15) is 0 Å². The summed E-state index contributed by atoms with van der Waals surface area (Å²) in [6, 6.07) is 4.00. The third-order valence-corrected chi connectivity index (χ3v) is 5.68. The highest BCUT2D eigenvalue weighted by molar-refractivity contribution is 5.76. The number of fused-ring (bicyclic) bond motifs is 1. The molecule has 1 saturated carbocycles. The average molecular weight is 345 g/mol. The van der Waals surface area contributed by atoms with Crippen molar-refractivity contribution in [1.29, 1.82) is 0 Å². The normalized spacial score (nSPS) is 28.8. The molecule has 2 saturated heterocycles. The van der Waals surface area contributed by atoms with Gasteiger partial charge in [0.15, 0.2) is 0 Å². The summed E-state index contributed by atoms with van der Waals surface area (Å²) in [5.41, 5.74) is 1.10. The van der Waals surface area contributed by atoms with Crippen LogP contribution in [0.15, 0.2) is 18.3 Å². The lowest BCUT2D eigenvalue weighted by atomic mass is 9.90. The molecule has 25 heavy (non-hydrogen) atoms. The molecule has 2 aliphatic heterocycles. The van der Waals surface area contributed by atoms with Crippen molar-refractivity contribution >= 4 is 5.91 Å². The maximum Gasteiger partial charge on any atom is 0.220 e. The summed E-state index contributed by atoms with van der Waals surface area (Å²) in [6.07, 6.45) is 5.14. The lowest BCUT2D eigenvalue weighted by Crippen LogP contribution is -2.31. The van der Waals surface area contributed by atoms with Crippen LogP contribution in [0, 0.1) is 17.8 Å². The molecule has 3 atom stereocenters. The maximum atomic E-state index is 12.2. The number of hydrogen-bond donors (Lipinski definition) is 1. The largest absolute Gasteiger partial charge is 0.481 e. The van der Waals surface area contributed by atoms with E-state index in [1.54, 1.807) is 13.3 Å². The molecule has 4 rings (SSSR count). The smallest absolute Gasteiger partial charge is 0.220 e. The second kappa shape index (κ2) is 7.30. The Balaban J connectivity index is 1.30. The van der Waals surface area contributed by atoms with Gasteiger partial charge in [-0.05, 0) is 30.7 Å². The van der Waals surface area contributed by atoms with Crippen molar-refractivity contribution < 1.29 is 14.3 Å². The highest BCUT2D eigenvalue weighted by Gasteiger charge is 2.44. The minimum Gasteiger partial charge on any atom is -0.481 e. The molecule has 0 aromatic carbocycles. The first-order valence-electron chi connectivity index (χ1n) is 9.31. The van der Waals surface area contributed by atoms with E-state index < -0.39 is 0 Å². The van der Waals surface area contributed by atoms with E-state index in [0.717, 1.165) is 44.3 Å². The number of carbonyl (C=O) groups excluding carboxylic acids is 1. The van der Waals surface area contributed by atoms with E-state index in [0.29, 0.717) is 24.1 Å². The molecule has 6 nitrogen and oxygen atoms in total. The molecular formula is C19H27N3O3. The van der Waals surface area contributed by atoms with Gasteiger partial charge >= 0.3 is 0 Å². The average Bonchev–Trinajstić information content (AvgIpc) is 3.27. The fourth-order valence-corrected chi connectivity index (χ4v) is 4.08. The van der Waals surface area contributed by atoms with Crippen LogP contribution in [0.5, 0.6) is 5.88 Å².